The maximum Gasteiger partial charge on any atom is 0.276 e. The van der Waals surface area contributed by atoms with E-state index in [1.165, 1.54) is 0 Å². The van der Waals surface area contributed by atoms with E-state index in [0.29, 0.717) is 18.8 Å². The molecule has 1 heterocycles. The van der Waals surface area contributed by atoms with E-state index in [1.54, 1.807) is 0 Å². The summed E-state index contributed by atoms with van der Waals surface area (Å²) in [5.41, 5.74) is 6.85. The Hall–Kier alpha value is -3.05. The lowest BCUT2D eigenvalue weighted by Gasteiger charge is -2.13. The van der Waals surface area contributed by atoms with E-state index in [4.69, 9.17) is 9.57 Å². The molecular formula is C22H24N2O3. The molecule has 0 radical (unpaired) electrons. The monoisotopic (exact) mass is 364 g/mol. The van der Waals surface area contributed by atoms with Gasteiger partial charge in [-0.1, -0.05) is 30.3 Å². The molecule has 0 unspecified atom stereocenters. The Kier molecular flexibility index (Phi) is 5.94. The van der Waals surface area contributed by atoms with Crippen molar-refractivity contribution >= 4 is 5.91 Å². The lowest BCUT2D eigenvalue weighted by Crippen LogP contribution is -2.24. The van der Waals surface area contributed by atoms with E-state index in [-0.39, 0.29) is 5.91 Å². The predicted molar refractivity (Wildman–Crippen MR) is 106 cm³/mol. The zero-order valence-corrected chi connectivity index (χ0v) is 15.9. The summed E-state index contributed by atoms with van der Waals surface area (Å²) in [7, 11) is 0. The lowest BCUT2D eigenvalue weighted by atomic mass is 10.1. The molecule has 27 heavy (non-hydrogen) atoms. The van der Waals surface area contributed by atoms with Crippen molar-refractivity contribution < 1.29 is 14.4 Å². The van der Waals surface area contributed by atoms with Crippen molar-refractivity contribution in [3.05, 3.63) is 71.9 Å². The minimum absolute atomic E-state index is 0.254. The van der Waals surface area contributed by atoms with Crippen molar-refractivity contribution in [2.75, 3.05) is 13.2 Å². The second-order valence-electron chi connectivity index (χ2n) is 6.02. The molecule has 0 aliphatic rings. The first-order valence-electron chi connectivity index (χ1n) is 9.08. The first-order valence-corrected chi connectivity index (χ1v) is 9.08. The van der Waals surface area contributed by atoms with Crippen molar-refractivity contribution in [1.29, 1.82) is 0 Å². The smallest absolute Gasteiger partial charge is 0.276 e. The molecule has 2 aromatic carbocycles. The number of nitrogens with one attached hydrogen (secondary N) is 1. The van der Waals surface area contributed by atoms with E-state index in [0.717, 1.165) is 28.4 Å². The van der Waals surface area contributed by atoms with Crippen molar-refractivity contribution in [3.63, 3.8) is 0 Å². The highest BCUT2D eigenvalue weighted by Crippen LogP contribution is 2.30. The SMILES string of the molecule is CCONC(=O)c1cc(-c2ccccc2)n(-c2ccc(OCC)cc2)c1C. The highest BCUT2D eigenvalue weighted by molar-refractivity contribution is 5.96. The number of ether oxygens (including phenoxy) is 1. The van der Waals surface area contributed by atoms with Gasteiger partial charge in [0.15, 0.2) is 0 Å². The maximum atomic E-state index is 12.5. The van der Waals surface area contributed by atoms with Gasteiger partial charge in [0.1, 0.15) is 5.75 Å². The molecule has 0 spiro atoms. The number of nitrogens with zero attached hydrogens (tertiary/aromatic N) is 1. The summed E-state index contributed by atoms with van der Waals surface area (Å²) >= 11 is 0. The topological polar surface area (TPSA) is 52.5 Å². The normalized spacial score (nSPS) is 10.6. The molecule has 1 N–H and O–H groups in total. The molecule has 3 rings (SSSR count). The van der Waals surface area contributed by atoms with Crippen LogP contribution in [-0.2, 0) is 4.84 Å². The van der Waals surface area contributed by atoms with Crippen molar-refractivity contribution in [2.45, 2.75) is 20.8 Å². The van der Waals surface area contributed by atoms with Crippen LogP contribution < -0.4 is 10.2 Å². The Balaban J connectivity index is 2.10. The van der Waals surface area contributed by atoms with Gasteiger partial charge in [0.25, 0.3) is 5.91 Å². The zero-order valence-electron chi connectivity index (χ0n) is 15.9. The maximum absolute atomic E-state index is 12.5. The third kappa shape index (κ3) is 4.04. The second-order valence-corrected chi connectivity index (χ2v) is 6.02. The van der Waals surface area contributed by atoms with Crippen LogP contribution in [0.25, 0.3) is 16.9 Å². The number of carbonyl (C=O) groups excluding carboxylic acids is 1. The van der Waals surface area contributed by atoms with Crippen LogP contribution in [0.3, 0.4) is 0 Å². The number of rotatable bonds is 7. The summed E-state index contributed by atoms with van der Waals surface area (Å²) in [6.45, 7) is 6.76. The summed E-state index contributed by atoms with van der Waals surface area (Å²) in [6.07, 6.45) is 0. The molecule has 0 atom stereocenters. The quantitative estimate of drug-likeness (QED) is 0.627. The third-order valence-electron chi connectivity index (χ3n) is 4.28. The van der Waals surface area contributed by atoms with Crippen molar-refractivity contribution in [2.24, 2.45) is 0 Å². The van der Waals surface area contributed by atoms with E-state index in [1.807, 2.05) is 81.4 Å². The highest BCUT2D eigenvalue weighted by Gasteiger charge is 2.19. The molecule has 0 saturated heterocycles. The molecule has 5 nitrogen and oxygen atoms in total. The van der Waals surface area contributed by atoms with Gasteiger partial charge in [-0.25, -0.2) is 5.48 Å². The molecule has 5 heteroatoms. The number of carbonyl (C=O) groups is 1. The van der Waals surface area contributed by atoms with E-state index >= 15 is 0 Å². The Bertz CT molecular complexity index is 899. The summed E-state index contributed by atoms with van der Waals surface area (Å²) in [4.78, 5) is 17.6. The molecule has 1 amide bonds. The highest BCUT2D eigenvalue weighted by atomic mass is 16.6. The molecule has 0 aliphatic heterocycles. The van der Waals surface area contributed by atoms with Gasteiger partial charge in [-0.05, 0) is 56.7 Å². The predicted octanol–water partition coefficient (Wildman–Crippen LogP) is 4.53. The van der Waals surface area contributed by atoms with Crippen LogP contribution in [-0.4, -0.2) is 23.7 Å². The third-order valence-corrected chi connectivity index (χ3v) is 4.28. The largest absolute Gasteiger partial charge is 0.494 e. The molecule has 1 aromatic heterocycles. The molecule has 3 aromatic rings. The fourth-order valence-electron chi connectivity index (χ4n) is 3.04. The minimum Gasteiger partial charge on any atom is -0.494 e. The number of hydrogen-bond donors (Lipinski definition) is 1. The van der Waals surface area contributed by atoms with E-state index in [2.05, 4.69) is 10.0 Å². The fourth-order valence-corrected chi connectivity index (χ4v) is 3.04. The van der Waals surface area contributed by atoms with Gasteiger partial charge < -0.3 is 9.30 Å². The molecular weight excluding hydrogens is 340 g/mol. The Labute approximate surface area is 159 Å². The van der Waals surface area contributed by atoms with Gasteiger partial charge in [0.2, 0.25) is 0 Å². The zero-order chi connectivity index (χ0) is 19.2. The lowest BCUT2D eigenvalue weighted by molar-refractivity contribution is 0.0364. The number of hydrogen-bond acceptors (Lipinski definition) is 3. The number of amides is 1. The average molecular weight is 364 g/mol. The van der Waals surface area contributed by atoms with Gasteiger partial charge in [0, 0.05) is 11.4 Å². The Morgan fingerprint density at radius 1 is 1.00 bits per heavy atom. The van der Waals surface area contributed by atoms with Crippen LogP contribution in [0.15, 0.2) is 60.7 Å². The Morgan fingerprint density at radius 3 is 2.33 bits per heavy atom. The number of aromatic nitrogens is 1. The summed E-state index contributed by atoms with van der Waals surface area (Å²) < 4.78 is 7.61. The second kappa shape index (κ2) is 8.56. The van der Waals surface area contributed by atoms with Gasteiger partial charge in [-0.3, -0.25) is 9.63 Å². The Morgan fingerprint density at radius 2 is 1.70 bits per heavy atom. The van der Waals surface area contributed by atoms with E-state index < -0.39 is 0 Å². The van der Waals surface area contributed by atoms with Gasteiger partial charge >= 0.3 is 0 Å². The molecule has 0 fully saturated rings. The summed E-state index contributed by atoms with van der Waals surface area (Å²) in [5.74, 6) is 0.567. The van der Waals surface area contributed by atoms with Crippen LogP contribution >= 0.6 is 0 Å². The molecule has 0 saturated carbocycles. The summed E-state index contributed by atoms with van der Waals surface area (Å²) in [5, 5.41) is 0. The van der Waals surface area contributed by atoms with Crippen molar-refractivity contribution in [3.8, 4) is 22.7 Å². The standard InChI is InChI=1S/C22H24N2O3/c1-4-26-19-13-11-18(12-14-19)24-16(3)20(22(25)23-27-5-2)15-21(24)17-9-7-6-8-10-17/h6-15H,4-5H2,1-3H3,(H,23,25). The van der Waals surface area contributed by atoms with Crippen LogP contribution in [0.5, 0.6) is 5.75 Å². The molecule has 140 valence electrons. The fraction of sp³-hybridized carbons (Fsp3) is 0.227. The van der Waals surface area contributed by atoms with Gasteiger partial charge in [-0.15, -0.1) is 0 Å². The van der Waals surface area contributed by atoms with E-state index in [9.17, 15) is 4.79 Å². The molecule has 0 aliphatic carbocycles. The average Bonchev–Trinajstić information content (AvgIpc) is 3.05. The van der Waals surface area contributed by atoms with Crippen LogP contribution in [0.4, 0.5) is 0 Å². The first kappa shape index (κ1) is 18.7. The number of hydroxylamine groups is 1. The first-order chi connectivity index (χ1) is 13.2. The van der Waals surface area contributed by atoms with Crippen LogP contribution in [0, 0.1) is 6.92 Å². The van der Waals surface area contributed by atoms with Gasteiger partial charge in [-0.2, -0.15) is 0 Å². The van der Waals surface area contributed by atoms with Crippen LogP contribution in [0.1, 0.15) is 29.9 Å². The number of benzene rings is 2. The van der Waals surface area contributed by atoms with Crippen molar-refractivity contribution in [1.82, 2.24) is 10.0 Å². The summed E-state index contributed by atoms with van der Waals surface area (Å²) in [6, 6.07) is 19.8. The van der Waals surface area contributed by atoms with Gasteiger partial charge in [0.05, 0.1) is 24.5 Å². The molecule has 0 bridgehead atoms. The minimum atomic E-state index is -0.254. The van der Waals surface area contributed by atoms with Crippen LogP contribution in [0.2, 0.25) is 0 Å².